The monoisotopic (exact) mass is 307 g/mol. The summed E-state index contributed by atoms with van der Waals surface area (Å²) in [6.45, 7) is 6.53. The van der Waals surface area contributed by atoms with Gasteiger partial charge in [-0.25, -0.2) is 0 Å². The molecule has 6 nitrogen and oxygen atoms in total. The van der Waals surface area contributed by atoms with Crippen LogP contribution in [0, 0.1) is 10.1 Å². The Labute approximate surface area is 131 Å². The van der Waals surface area contributed by atoms with Crippen LogP contribution in [0.2, 0.25) is 0 Å². The van der Waals surface area contributed by atoms with Gasteiger partial charge in [0.05, 0.1) is 4.92 Å². The molecule has 1 aromatic carbocycles. The van der Waals surface area contributed by atoms with E-state index < -0.39 is 4.92 Å². The highest BCUT2D eigenvalue weighted by atomic mass is 16.6. The van der Waals surface area contributed by atoms with Crippen molar-refractivity contribution in [3.05, 3.63) is 33.9 Å². The smallest absolute Gasteiger partial charge is 0.293 e. The summed E-state index contributed by atoms with van der Waals surface area (Å²) >= 11 is 0. The molecular formula is C16H25N3O3. The number of nitrogens with one attached hydrogen (secondary N) is 2. The van der Waals surface area contributed by atoms with Crippen LogP contribution in [-0.4, -0.2) is 23.4 Å². The summed E-state index contributed by atoms with van der Waals surface area (Å²) in [7, 11) is 0. The molecule has 0 saturated heterocycles. The van der Waals surface area contributed by atoms with Crippen molar-refractivity contribution < 1.29 is 9.72 Å². The van der Waals surface area contributed by atoms with Crippen LogP contribution in [-0.2, 0) is 0 Å². The third kappa shape index (κ3) is 5.35. The van der Waals surface area contributed by atoms with E-state index in [1.807, 2.05) is 13.8 Å². The molecule has 0 radical (unpaired) electrons. The van der Waals surface area contributed by atoms with E-state index in [-0.39, 0.29) is 17.6 Å². The zero-order valence-corrected chi connectivity index (χ0v) is 13.5. The van der Waals surface area contributed by atoms with Gasteiger partial charge in [-0.05, 0) is 32.4 Å². The lowest BCUT2D eigenvalue weighted by molar-refractivity contribution is -0.384. The third-order valence-electron chi connectivity index (χ3n) is 3.44. The zero-order valence-electron chi connectivity index (χ0n) is 13.5. The van der Waals surface area contributed by atoms with E-state index in [1.165, 1.54) is 6.07 Å². The third-order valence-corrected chi connectivity index (χ3v) is 3.44. The minimum Gasteiger partial charge on any atom is -0.380 e. The summed E-state index contributed by atoms with van der Waals surface area (Å²) in [6, 6.07) is 4.58. The predicted octanol–water partition coefficient (Wildman–Crippen LogP) is 3.73. The van der Waals surface area contributed by atoms with Crippen LogP contribution in [0.25, 0.3) is 0 Å². The lowest BCUT2D eigenvalue weighted by atomic mass is 10.1. The molecule has 0 aromatic heterocycles. The van der Waals surface area contributed by atoms with Crippen LogP contribution in [0.4, 0.5) is 11.4 Å². The second-order valence-electron chi connectivity index (χ2n) is 5.39. The van der Waals surface area contributed by atoms with Crippen LogP contribution < -0.4 is 10.6 Å². The van der Waals surface area contributed by atoms with E-state index in [0.29, 0.717) is 17.8 Å². The molecule has 1 atom stereocenters. The van der Waals surface area contributed by atoms with E-state index >= 15 is 0 Å². The van der Waals surface area contributed by atoms with E-state index in [0.717, 1.165) is 25.7 Å². The van der Waals surface area contributed by atoms with Gasteiger partial charge in [0.25, 0.3) is 11.6 Å². The Hall–Kier alpha value is -2.11. The Morgan fingerprint density at radius 3 is 2.64 bits per heavy atom. The summed E-state index contributed by atoms with van der Waals surface area (Å²) in [5, 5.41) is 16.9. The van der Waals surface area contributed by atoms with Crippen LogP contribution in [0.5, 0.6) is 0 Å². The molecule has 6 heteroatoms. The Morgan fingerprint density at radius 2 is 2.05 bits per heavy atom. The molecule has 2 N–H and O–H groups in total. The van der Waals surface area contributed by atoms with Crippen molar-refractivity contribution in [3.63, 3.8) is 0 Å². The number of hydrogen-bond acceptors (Lipinski definition) is 4. The van der Waals surface area contributed by atoms with Gasteiger partial charge in [-0.2, -0.15) is 0 Å². The maximum atomic E-state index is 12.2. The maximum absolute atomic E-state index is 12.2. The number of unbranched alkanes of at least 4 members (excludes halogenated alkanes) is 2. The molecule has 0 aliphatic heterocycles. The first kappa shape index (κ1) is 17.9. The molecule has 0 fully saturated rings. The number of hydrogen-bond donors (Lipinski definition) is 2. The molecule has 0 bridgehead atoms. The summed E-state index contributed by atoms with van der Waals surface area (Å²) in [4.78, 5) is 22.8. The van der Waals surface area contributed by atoms with Crippen molar-refractivity contribution in [1.29, 1.82) is 0 Å². The molecule has 1 amide bonds. The normalized spacial score (nSPS) is 11.8. The minimum atomic E-state index is -0.473. The first-order valence-electron chi connectivity index (χ1n) is 7.82. The molecule has 0 saturated carbocycles. The molecule has 0 spiro atoms. The highest BCUT2D eigenvalue weighted by Gasteiger charge is 2.18. The first-order chi connectivity index (χ1) is 10.5. The number of nitro benzene ring substituents is 1. The van der Waals surface area contributed by atoms with Crippen molar-refractivity contribution in [2.75, 3.05) is 11.9 Å². The summed E-state index contributed by atoms with van der Waals surface area (Å²) in [6.07, 6.45) is 4.26. The van der Waals surface area contributed by atoms with E-state index in [1.54, 1.807) is 12.1 Å². The van der Waals surface area contributed by atoms with Gasteiger partial charge in [0.15, 0.2) is 0 Å². The Morgan fingerprint density at radius 1 is 1.32 bits per heavy atom. The summed E-state index contributed by atoms with van der Waals surface area (Å²) in [5.41, 5.74) is 0.670. The average Bonchev–Trinajstić information content (AvgIpc) is 2.47. The number of anilines is 1. The molecule has 0 heterocycles. The molecular weight excluding hydrogens is 282 g/mol. The molecule has 0 aliphatic rings. The number of amides is 1. The second-order valence-corrected chi connectivity index (χ2v) is 5.39. The van der Waals surface area contributed by atoms with Crippen molar-refractivity contribution in [2.24, 2.45) is 0 Å². The fraction of sp³-hybridized carbons (Fsp3) is 0.562. The van der Waals surface area contributed by atoms with Crippen LogP contribution >= 0.6 is 0 Å². The predicted molar refractivity (Wildman–Crippen MR) is 88.3 cm³/mol. The number of rotatable bonds is 9. The molecule has 0 aliphatic carbocycles. The molecule has 1 rings (SSSR count). The number of carbonyl (C=O) groups excluding carboxylic acids is 1. The highest BCUT2D eigenvalue weighted by Crippen LogP contribution is 2.25. The number of carbonyl (C=O) groups is 1. The number of benzene rings is 1. The SMILES string of the molecule is CCCCC[C@H](C)NC(=O)c1ccc(NCC)c([N+](=O)[O-])c1. The number of nitro groups is 1. The summed E-state index contributed by atoms with van der Waals surface area (Å²) < 4.78 is 0. The van der Waals surface area contributed by atoms with E-state index in [4.69, 9.17) is 0 Å². The van der Waals surface area contributed by atoms with Gasteiger partial charge in [0, 0.05) is 24.2 Å². The molecule has 122 valence electrons. The Kier molecular flexibility index (Phi) is 7.36. The van der Waals surface area contributed by atoms with Gasteiger partial charge in [-0.15, -0.1) is 0 Å². The van der Waals surface area contributed by atoms with Gasteiger partial charge < -0.3 is 10.6 Å². The lowest BCUT2D eigenvalue weighted by Crippen LogP contribution is -2.32. The van der Waals surface area contributed by atoms with Gasteiger partial charge in [-0.3, -0.25) is 14.9 Å². The Balaban J connectivity index is 2.77. The van der Waals surface area contributed by atoms with Crippen molar-refractivity contribution in [3.8, 4) is 0 Å². The van der Waals surface area contributed by atoms with Crippen molar-refractivity contribution in [1.82, 2.24) is 5.32 Å². The van der Waals surface area contributed by atoms with Gasteiger partial charge in [0.1, 0.15) is 5.69 Å². The number of nitrogens with zero attached hydrogens (tertiary/aromatic N) is 1. The van der Waals surface area contributed by atoms with Crippen LogP contribution in [0.15, 0.2) is 18.2 Å². The van der Waals surface area contributed by atoms with Crippen LogP contribution in [0.3, 0.4) is 0 Å². The Bertz CT molecular complexity index is 517. The van der Waals surface area contributed by atoms with Crippen molar-refractivity contribution in [2.45, 2.75) is 52.5 Å². The summed E-state index contributed by atoms with van der Waals surface area (Å²) in [5.74, 6) is -0.268. The topological polar surface area (TPSA) is 84.3 Å². The molecule has 0 unspecified atom stereocenters. The average molecular weight is 307 g/mol. The first-order valence-corrected chi connectivity index (χ1v) is 7.82. The maximum Gasteiger partial charge on any atom is 0.293 e. The second kappa shape index (κ2) is 9.02. The minimum absolute atomic E-state index is 0.0616. The van der Waals surface area contributed by atoms with E-state index in [2.05, 4.69) is 17.6 Å². The van der Waals surface area contributed by atoms with E-state index in [9.17, 15) is 14.9 Å². The van der Waals surface area contributed by atoms with Gasteiger partial charge in [0.2, 0.25) is 0 Å². The highest BCUT2D eigenvalue weighted by molar-refractivity contribution is 5.95. The van der Waals surface area contributed by atoms with Gasteiger partial charge in [-0.1, -0.05) is 26.2 Å². The molecule has 22 heavy (non-hydrogen) atoms. The standard InChI is InChI=1S/C16H25N3O3/c1-4-6-7-8-12(3)18-16(20)13-9-10-14(17-5-2)15(11-13)19(21)22/h9-12,17H,4-8H2,1-3H3,(H,18,20)/t12-/m0/s1. The van der Waals surface area contributed by atoms with Crippen molar-refractivity contribution >= 4 is 17.3 Å². The van der Waals surface area contributed by atoms with Gasteiger partial charge >= 0.3 is 0 Å². The largest absolute Gasteiger partial charge is 0.380 e. The fourth-order valence-corrected chi connectivity index (χ4v) is 2.24. The lowest BCUT2D eigenvalue weighted by Gasteiger charge is -2.14. The zero-order chi connectivity index (χ0) is 16.5. The fourth-order valence-electron chi connectivity index (χ4n) is 2.24. The molecule has 1 aromatic rings. The quantitative estimate of drug-likeness (QED) is 0.413. The van der Waals surface area contributed by atoms with Crippen LogP contribution in [0.1, 0.15) is 56.8 Å².